The first-order valence-corrected chi connectivity index (χ1v) is 7.62. The first-order chi connectivity index (χ1) is 11.3. The van der Waals surface area contributed by atoms with Crippen molar-refractivity contribution < 1.29 is 18.5 Å². The standard InChI is InChI=1S/C17H20FN3O3/c1-9(2)15-8-14(21-24-15)17(23)19-11(4)16(22)20-13-6-5-12(18)7-10(13)3/h5-9,11H,1-4H3,(H,19,23)(H,20,22). The Labute approximate surface area is 139 Å². The van der Waals surface area contributed by atoms with Crippen LogP contribution in [0, 0.1) is 12.7 Å². The zero-order chi connectivity index (χ0) is 17.9. The number of carbonyl (C=O) groups is 2. The van der Waals surface area contributed by atoms with Crippen molar-refractivity contribution in [1.82, 2.24) is 10.5 Å². The number of hydrogen-bond donors (Lipinski definition) is 2. The maximum Gasteiger partial charge on any atom is 0.274 e. The van der Waals surface area contributed by atoms with Gasteiger partial charge in [0.2, 0.25) is 5.91 Å². The summed E-state index contributed by atoms with van der Waals surface area (Å²) in [6.45, 7) is 7.08. The molecule has 2 N–H and O–H groups in total. The molecule has 0 aliphatic rings. The normalized spacial score (nSPS) is 12.1. The highest BCUT2D eigenvalue weighted by atomic mass is 19.1. The van der Waals surface area contributed by atoms with E-state index in [4.69, 9.17) is 4.52 Å². The largest absolute Gasteiger partial charge is 0.360 e. The topological polar surface area (TPSA) is 84.2 Å². The molecule has 1 unspecified atom stereocenters. The number of aryl methyl sites for hydroxylation is 1. The van der Waals surface area contributed by atoms with Crippen molar-refractivity contribution in [2.24, 2.45) is 0 Å². The predicted octanol–water partition coefficient (Wildman–Crippen LogP) is 3.00. The van der Waals surface area contributed by atoms with E-state index in [9.17, 15) is 14.0 Å². The average Bonchev–Trinajstić information content (AvgIpc) is 3.00. The molecule has 1 aromatic heterocycles. The van der Waals surface area contributed by atoms with Crippen molar-refractivity contribution in [1.29, 1.82) is 0 Å². The van der Waals surface area contributed by atoms with Crippen molar-refractivity contribution in [2.75, 3.05) is 5.32 Å². The third kappa shape index (κ3) is 4.18. The highest BCUT2D eigenvalue weighted by Crippen LogP contribution is 2.16. The van der Waals surface area contributed by atoms with Gasteiger partial charge in [-0.15, -0.1) is 0 Å². The maximum atomic E-state index is 13.1. The van der Waals surface area contributed by atoms with E-state index < -0.39 is 17.9 Å². The fourth-order valence-corrected chi connectivity index (χ4v) is 2.01. The van der Waals surface area contributed by atoms with Gasteiger partial charge in [0.05, 0.1) is 0 Å². The minimum atomic E-state index is -0.791. The van der Waals surface area contributed by atoms with E-state index in [-0.39, 0.29) is 17.4 Å². The quantitative estimate of drug-likeness (QED) is 0.881. The van der Waals surface area contributed by atoms with E-state index >= 15 is 0 Å². The Morgan fingerprint density at radius 2 is 1.92 bits per heavy atom. The van der Waals surface area contributed by atoms with Gasteiger partial charge in [0, 0.05) is 17.7 Å². The molecular weight excluding hydrogens is 313 g/mol. The second-order valence-electron chi connectivity index (χ2n) is 5.91. The number of hydrogen-bond acceptors (Lipinski definition) is 4. The summed E-state index contributed by atoms with van der Waals surface area (Å²) in [5.41, 5.74) is 1.21. The lowest BCUT2D eigenvalue weighted by molar-refractivity contribution is -0.117. The highest BCUT2D eigenvalue weighted by molar-refractivity contribution is 6.00. The number of halogens is 1. The van der Waals surface area contributed by atoms with Crippen LogP contribution in [0.25, 0.3) is 0 Å². The minimum absolute atomic E-state index is 0.112. The van der Waals surface area contributed by atoms with E-state index in [1.54, 1.807) is 19.9 Å². The Balaban J connectivity index is 1.98. The number of rotatable bonds is 5. The molecule has 0 saturated carbocycles. The second kappa shape index (κ2) is 7.25. The smallest absolute Gasteiger partial charge is 0.274 e. The molecule has 0 bridgehead atoms. The van der Waals surface area contributed by atoms with Gasteiger partial charge in [0.25, 0.3) is 5.91 Å². The molecule has 0 aliphatic carbocycles. The van der Waals surface area contributed by atoms with Crippen LogP contribution in [0.4, 0.5) is 10.1 Å². The van der Waals surface area contributed by atoms with E-state index in [2.05, 4.69) is 15.8 Å². The van der Waals surface area contributed by atoms with Crippen LogP contribution in [-0.2, 0) is 4.79 Å². The van der Waals surface area contributed by atoms with Crippen molar-refractivity contribution in [3.63, 3.8) is 0 Å². The average molecular weight is 333 g/mol. The van der Waals surface area contributed by atoms with Crippen molar-refractivity contribution in [3.8, 4) is 0 Å². The molecule has 0 saturated heterocycles. The number of amides is 2. The molecule has 0 fully saturated rings. The van der Waals surface area contributed by atoms with Crippen LogP contribution in [0.1, 0.15) is 48.5 Å². The van der Waals surface area contributed by atoms with Crippen LogP contribution < -0.4 is 10.6 Å². The molecule has 7 heteroatoms. The molecule has 1 heterocycles. The van der Waals surface area contributed by atoms with Crippen molar-refractivity contribution >= 4 is 17.5 Å². The molecule has 24 heavy (non-hydrogen) atoms. The van der Waals surface area contributed by atoms with Crippen LogP contribution in [0.5, 0.6) is 0 Å². The summed E-state index contributed by atoms with van der Waals surface area (Å²) < 4.78 is 18.1. The molecule has 128 valence electrons. The van der Waals surface area contributed by atoms with Gasteiger partial charge in [0.1, 0.15) is 17.6 Å². The second-order valence-corrected chi connectivity index (χ2v) is 5.91. The van der Waals surface area contributed by atoms with E-state index in [0.717, 1.165) is 0 Å². The molecule has 0 aliphatic heterocycles. The van der Waals surface area contributed by atoms with Crippen LogP contribution in [0.3, 0.4) is 0 Å². The molecule has 6 nitrogen and oxygen atoms in total. The van der Waals surface area contributed by atoms with Gasteiger partial charge in [-0.25, -0.2) is 4.39 Å². The van der Waals surface area contributed by atoms with E-state index in [1.807, 2.05) is 13.8 Å². The minimum Gasteiger partial charge on any atom is -0.360 e. The number of nitrogens with one attached hydrogen (secondary N) is 2. The SMILES string of the molecule is Cc1cc(F)ccc1NC(=O)C(C)NC(=O)c1cc(C(C)C)on1. The first kappa shape index (κ1) is 17.7. The molecule has 1 atom stereocenters. The lowest BCUT2D eigenvalue weighted by atomic mass is 10.1. The van der Waals surface area contributed by atoms with Gasteiger partial charge in [0.15, 0.2) is 5.69 Å². The summed E-state index contributed by atoms with van der Waals surface area (Å²) in [6.07, 6.45) is 0. The molecular formula is C17H20FN3O3. The van der Waals surface area contributed by atoms with Gasteiger partial charge in [-0.05, 0) is 37.6 Å². The lowest BCUT2D eigenvalue weighted by Crippen LogP contribution is -2.41. The number of carbonyl (C=O) groups excluding carboxylic acids is 2. The molecule has 1 aromatic carbocycles. The van der Waals surface area contributed by atoms with E-state index in [0.29, 0.717) is 17.0 Å². The molecule has 0 spiro atoms. The Morgan fingerprint density at radius 1 is 1.21 bits per heavy atom. The molecule has 2 rings (SSSR count). The van der Waals surface area contributed by atoms with Crippen molar-refractivity contribution in [3.05, 3.63) is 47.1 Å². The summed E-state index contributed by atoms with van der Waals surface area (Å²) >= 11 is 0. The van der Waals surface area contributed by atoms with Crippen molar-refractivity contribution in [2.45, 2.75) is 39.7 Å². The summed E-state index contributed by atoms with van der Waals surface area (Å²) in [4.78, 5) is 24.3. The molecule has 2 amide bonds. The third-order valence-corrected chi connectivity index (χ3v) is 3.52. The third-order valence-electron chi connectivity index (χ3n) is 3.52. The summed E-state index contributed by atoms with van der Waals surface area (Å²) in [5.74, 6) is -0.575. The van der Waals surface area contributed by atoms with E-state index in [1.165, 1.54) is 18.2 Å². The Kier molecular flexibility index (Phi) is 5.33. The molecule has 0 radical (unpaired) electrons. The Hall–Kier alpha value is -2.70. The molecule has 2 aromatic rings. The lowest BCUT2D eigenvalue weighted by Gasteiger charge is -2.14. The van der Waals surface area contributed by atoms with Crippen LogP contribution in [-0.4, -0.2) is 23.0 Å². The van der Waals surface area contributed by atoms with Gasteiger partial charge < -0.3 is 15.2 Å². The number of aromatic nitrogens is 1. The van der Waals surface area contributed by atoms with Crippen LogP contribution in [0.15, 0.2) is 28.8 Å². The number of anilines is 1. The zero-order valence-electron chi connectivity index (χ0n) is 14.0. The van der Waals surface area contributed by atoms with Gasteiger partial charge in [-0.1, -0.05) is 19.0 Å². The van der Waals surface area contributed by atoms with Crippen LogP contribution >= 0.6 is 0 Å². The summed E-state index contributed by atoms with van der Waals surface area (Å²) in [7, 11) is 0. The maximum absolute atomic E-state index is 13.1. The fourth-order valence-electron chi connectivity index (χ4n) is 2.01. The van der Waals surface area contributed by atoms with Gasteiger partial charge in [-0.3, -0.25) is 9.59 Å². The number of benzene rings is 1. The monoisotopic (exact) mass is 333 g/mol. The first-order valence-electron chi connectivity index (χ1n) is 7.62. The van der Waals surface area contributed by atoms with Gasteiger partial charge in [-0.2, -0.15) is 0 Å². The van der Waals surface area contributed by atoms with Crippen LogP contribution in [0.2, 0.25) is 0 Å². The summed E-state index contributed by atoms with van der Waals surface area (Å²) in [6, 6.07) is 4.82. The number of nitrogens with zero attached hydrogens (tertiary/aromatic N) is 1. The Bertz CT molecular complexity index is 755. The highest BCUT2D eigenvalue weighted by Gasteiger charge is 2.20. The Morgan fingerprint density at radius 3 is 2.50 bits per heavy atom. The van der Waals surface area contributed by atoms with Gasteiger partial charge >= 0.3 is 0 Å². The summed E-state index contributed by atoms with van der Waals surface area (Å²) in [5, 5.41) is 8.90. The predicted molar refractivity (Wildman–Crippen MR) is 87.3 cm³/mol. The zero-order valence-corrected chi connectivity index (χ0v) is 14.0. The fraction of sp³-hybridized carbons (Fsp3) is 0.353.